The van der Waals surface area contributed by atoms with E-state index in [1.807, 2.05) is 4.57 Å². The van der Waals surface area contributed by atoms with Crippen LogP contribution in [-0.4, -0.2) is 54.2 Å². The molecule has 4 rings (SSSR count). The summed E-state index contributed by atoms with van der Waals surface area (Å²) < 4.78 is 43.3. The van der Waals surface area contributed by atoms with E-state index < -0.39 is 18.1 Å². The van der Waals surface area contributed by atoms with E-state index in [1.54, 1.807) is 54.9 Å². The second-order valence-corrected chi connectivity index (χ2v) is 8.25. The highest BCUT2D eigenvalue weighted by Crippen LogP contribution is 2.33. The Bertz CT molecular complexity index is 1060. The lowest BCUT2D eigenvalue weighted by Gasteiger charge is -2.40. The number of halogens is 3. The lowest BCUT2D eigenvalue weighted by molar-refractivity contribution is -0.147. The van der Waals surface area contributed by atoms with E-state index >= 15 is 0 Å². The van der Waals surface area contributed by atoms with Crippen LogP contribution in [-0.2, 0) is 17.5 Å². The van der Waals surface area contributed by atoms with E-state index in [0.29, 0.717) is 11.9 Å². The predicted molar refractivity (Wildman–Crippen MR) is 112 cm³/mol. The van der Waals surface area contributed by atoms with Gasteiger partial charge in [0.2, 0.25) is 11.7 Å². The quantitative estimate of drug-likeness (QED) is 0.623. The molecule has 0 bridgehead atoms. The highest BCUT2D eigenvalue weighted by Gasteiger charge is 2.38. The third-order valence-electron chi connectivity index (χ3n) is 6.27. The molecule has 1 aromatic carbocycles. The number of likely N-dealkylation sites (N-methyl/N-ethyl adjacent to an activating group) is 1. The lowest BCUT2D eigenvalue weighted by atomic mass is 9.87. The molecule has 7 nitrogen and oxygen atoms in total. The van der Waals surface area contributed by atoms with E-state index in [1.165, 1.54) is 0 Å². The SMILES string of the molecule is CN(C(=O)CCCn1c(C(F)(F)F)nc2ccccc21)[C@@H]1CCC[C@@H](n2ccnc2)[C@@H]1O. The summed E-state index contributed by atoms with van der Waals surface area (Å²) in [7, 11) is 1.65. The number of amides is 1. The summed E-state index contributed by atoms with van der Waals surface area (Å²) in [5.41, 5.74) is 0.672. The van der Waals surface area contributed by atoms with E-state index in [2.05, 4.69) is 9.97 Å². The molecule has 172 valence electrons. The summed E-state index contributed by atoms with van der Waals surface area (Å²) in [5, 5.41) is 10.9. The molecule has 1 amide bonds. The molecule has 1 N–H and O–H groups in total. The summed E-state index contributed by atoms with van der Waals surface area (Å²) in [6, 6.07) is 5.95. The number of aliphatic hydroxyl groups is 1. The van der Waals surface area contributed by atoms with Gasteiger partial charge in [0.25, 0.3) is 0 Å². The molecule has 2 aromatic heterocycles. The molecule has 0 spiro atoms. The number of para-hydroxylation sites is 2. The van der Waals surface area contributed by atoms with Crippen molar-refractivity contribution in [3.8, 4) is 0 Å². The average Bonchev–Trinajstić information content (AvgIpc) is 3.41. The van der Waals surface area contributed by atoms with Gasteiger partial charge in [-0.05, 0) is 37.8 Å². The lowest BCUT2D eigenvalue weighted by Crippen LogP contribution is -2.50. The van der Waals surface area contributed by atoms with Gasteiger partial charge >= 0.3 is 6.18 Å². The van der Waals surface area contributed by atoms with Gasteiger partial charge in [-0.2, -0.15) is 13.2 Å². The molecule has 0 radical (unpaired) electrons. The van der Waals surface area contributed by atoms with Crippen LogP contribution in [0.15, 0.2) is 43.0 Å². The Balaban J connectivity index is 1.41. The van der Waals surface area contributed by atoms with Gasteiger partial charge in [0.15, 0.2) is 0 Å². The smallest absolute Gasteiger partial charge is 0.389 e. The molecule has 0 aliphatic heterocycles. The number of aryl methyl sites for hydroxylation is 1. The normalized spacial score (nSPS) is 21.7. The molecule has 10 heteroatoms. The van der Waals surface area contributed by atoms with Gasteiger partial charge in [-0.25, -0.2) is 9.97 Å². The van der Waals surface area contributed by atoms with Gasteiger partial charge in [-0.1, -0.05) is 12.1 Å². The van der Waals surface area contributed by atoms with Crippen LogP contribution in [0, 0.1) is 0 Å². The number of hydrogen-bond donors (Lipinski definition) is 1. The highest BCUT2D eigenvalue weighted by molar-refractivity contribution is 5.77. The van der Waals surface area contributed by atoms with E-state index in [9.17, 15) is 23.1 Å². The minimum Gasteiger partial charge on any atom is -0.389 e. The largest absolute Gasteiger partial charge is 0.449 e. The van der Waals surface area contributed by atoms with Crippen molar-refractivity contribution >= 4 is 16.9 Å². The maximum atomic E-state index is 13.4. The van der Waals surface area contributed by atoms with Gasteiger partial charge in [-0.15, -0.1) is 0 Å². The number of rotatable bonds is 6. The monoisotopic (exact) mass is 449 g/mol. The average molecular weight is 449 g/mol. The molecule has 3 aromatic rings. The second-order valence-electron chi connectivity index (χ2n) is 8.25. The Morgan fingerprint density at radius 1 is 1.28 bits per heavy atom. The number of hydrogen-bond acceptors (Lipinski definition) is 4. The van der Waals surface area contributed by atoms with Crippen molar-refractivity contribution in [2.24, 2.45) is 0 Å². The number of alkyl halides is 3. The first-order valence-electron chi connectivity index (χ1n) is 10.7. The second kappa shape index (κ2) is 8.93. The Morgan fingerprint density at radius 3 is 2.78 bits per heavy atom. The first kappa shape index (κ1) is 22.3. The van der Waals surface area contributed by atoms with E-state index in [0.717, 1.165) is 17.4 Å². The Kier molecular flexibility index (Phi) is 6.23. The molecule has 1 saturated carbocycles. The Morgan fingerprint density at radius 2 is 2.06 bits per heavy atom. The highest BCUT2D eigenvalue weighted by atomic mass is 19.4. The molecule has 1 aliphatic carbocycles. The summed E-state index contributed by atoms with van der Waals surface area (Å²) in [5.74, 6) is -1.15. The number of benzene rings is 1. The van der Waals surface area contributed by atoms with Crippen molar-refractivity contribution in [2.75, 3.05) is 7.05 Å². The van der Waals surface area contributed by atoms with Crippen LogP contribution >= 0.6 is 0 Å². The zero-order valence-electron chi connectivity index (χ0n) is 17.7. The van der Waals surface area contributed by atoms with Crippen molar-refractivity contribution in [3.05, 3.63) is 48.8 Å². The fraction of sp³-hybridized carbons (Fsp3) is 0.500. The molecule has 3 atom stereocenters. The van der Waals surface area contributed by atoms with Gasteiger partial charge in [0.1, 0.15) is 0 Å². The third kappa shape index (κ3) is 4.36. The zero-order valence-corrected chi connectivity index (χ0v) is 17.7. The zero-order chi connectivity index (χ0) is 22.9. The maximum Gasteiger partial charge on any atom is 0.449 e. The first-order chi connectivity index (χ1) is 15.3. The molecule has 1 fully saturated rings. The van der Waals surface area contributed by atoms with Crippen molar-refractivity contribution in [2.45, 2.75) is 63.0 Å². The number of imidazole rings is 2. The van der Waals surface area contributed by atoms with Crippen LogP contribution in [0.3, 0.4) is 0 Å². The van der Waals surface area contributed by atoms with Gasteiger partial charge in [0.05, 0.1) is 35.5 Å². The van der Waals surface area contributed by atoms with Crippen LogP contribution in [0.25, 0.3) is 11.0 Å². The summed E-state index contributed by atoms with van der Waals surface area (Å²) in [4.78, 5) is 22.1. The summed E-state index contributed by atoms with van der Waals surface area (Å²) in [6.45, 7) is 0.0276. The minimum absolute atomic E-state index is 0.0276. The Labute approximate surface area is 183 Å². The number of nitrogens with zero attached hydrogens (tertiary/aromatic N) is 5. The van der Waals surface area contributed by atoms with Crippen molar-refractivity contribution in [1.29, 1.82) is 0 Å². The van der Waals surface area contributed by atoms with Crippen LogP contribution < -0.4 is 0 Å². The molecule has 32 heavy (non-hydrogen) atoms. The van der Waals surface area contributed by atoms with Crippen molar-refractivity contribution in [3.63, 3.8) is 0 Å². The van der Waals surface area contributed by atoms with Gasteiger partial charge in [-0.3, -0.25) is 4.79 Å². The fourth-order valence-corrected chi connectivity index (χ4v) is 4.62. The van der Waals surface area contributed by atoms with Crippen LogP contribution in [0.1, 0.15) is 44.0 Å². The number of fused-ring (bicyclic) bond motifs is 1. The van der Waals surface area contributed by atoms with E-state index in [4.69, 9.17) is 0 Å². The standard InChI is InChI=1S/C22H26F3N5O2/c1-28(17-8-4-9-18(20(17)32)29-13-11-26-14-29)19(31)10-5-12-30-16-7-3-2-6-15(16)27-21(30)22(23,24)25/h2-3,6-7,11,13-14,17-18,20,32H,4-5,8-10,12H2,1H3/t17-,18-,20-/m1/s1. The third-order valence-corrected chi connectivity index (χ3v) is 6.27. The number of carbonyl (C=O) groups excluding carboxylic acids is 1. The molecule has 1 aliphatic rings. The van der Waals surface area contributed by atoms with Gasteiger partial charge in [0, 0.05) is 32.4 Å². The number of carbonyl (C=O) groups is 1. The molecular weight excluding hydrogens is 423 g/mol. The number of aliphatic hydroxyl groups excluding tert-OH is 1. The van der Waals surface area contributed by atoms with Crippen molar-refractivity contribution < 1.29 is 23.1 Å². The molecule has 2 heterocycles. The first-order valence-corrected chi connectivity index (χ1v) is 10.7. The summed E-state index contributed by atoms with van der Waals surface area (Å²) >= 11 is 0. The maximum absolute atomic E-state index is 13.4. The van der Waals surface area contributed by atoms with Crippen LogP contribution in [0.2, 0.25) is 0 Å². The van der Waals surface area contributed by atoms with Crippen molar-refractivity contribution in [1.82, 2.24) is 24.0 Å². The Hall–Kier alpha value is -2.88. The predicted octanol–water partition coefficient (Wildman–Crippen LogP) is 3.64. The molecular formula is C22H26F3N5O2. The van der Waals surface area contributed by atoms with Gasteiger partial charge < -0.3 is 19.1 Å². The van der Waals surface area contributed by atoms with Crippen LogP contribution in [0.5, 0.6) is 0 Å². The molecule has 0 unspecified atom stereocenters. The summed E-state index contributed by atoms with van der Waals surface area (Å²) in [6.07, 6.45) is 2.45. The topological polar surface area (TPSA) is 76.2 Å². The van der Waals surface area contributed by atoms with E-state index in [-0.39, 0.29) is 42.9 Å². The minimum atomic E-state index is -4.58. The molecule has 0 saturated heterocycles. The number of aromatic nitrogens is 4. The van der Waals surface area contributed by atoms with Crippen LogP contribution in [0.4, 0.5) is 13.2 Å². The fourth-order valence-electron chi connectivity index (χ4n) is 4.62.